The van der Waals surface area contributed by atoms with E-state index in [-0.39, 0.29) is 5.75 Å². The predicted octanol–water partition coefficient (Wildman–Crippen LogP) is 1.59. The lowest BCUT2D eigenvalue weighted by molar-refractivity contribution is 0.463. The summed E-state index contributed by atoms with van der Waals surface area (Å²) in [6.45, 7) is 0. The Morgan fingerprint density at radius 1 is 1.57 bits per heavy atom. The van der Waals surface area contributed by atoms with Crippen molar-refractivity contribution in [2.45, 2.75) is 4.90 Å². The highest BCUT2D eigenvalue weighted by molar-refractivity contribution is 7.98. The van der Waals surface area contributed by atoms with Gasteiger partial charge in [0.25, 0.3) is 0 Å². The van der Waals surface area contributed by atoms with Crippen LogP contribution in [0.15, 0.2) is 23.1 Å². The average Bonchev–Trinajstić information content (AvgIpc) is 2.01. The Balaban J connectivity index is 2.92. The zero-order valence-corrected chi connectivity index (χ0v) is 9.18. The van der Waals surface area contributed by atoms with E-state index >= 15 is 0 Å². The van der Waals surface area contributed by atoms with E-state index in [1.54, 1.807) is 12.1 Å². The summed E-state index contributed by atoms with van der Waals surface area (Å²) in [6, 6.07) is 4.56. The third-order valence-electron chi connectivity index (χ3n) is 1.47. The Bertz CT molecular complexity index is 379. The zero-order valence-electron chi connectivity index (χ0n) is 7.47. The number of anilines is 1. The van der Waals surface area contributed by atoms with Crippen molar-refractivity contribution >= 4 is 25.1 Å². The van der Waals surface area contributed by atoms with Gasteiger partial charge in [-0.05, 0) is 18.4 Å². The number of rotatable bonds is 3. The van der Waals surface area contributed by atoms with Crippen LogP contribution >= 0.6 is 19.4 Å². The Hall–Kier alpha value is -0.680. The van der Waals surface area contributed by atoms with Crippen molar-refractivity contribution in [1.82, 2.24) is 0 Å². The van der Waals surface area contributed by atoms with E-state index < -0.39 is 7.67 Å². The number of nitrogens with one attached hydrogen (secondary N) is 1. The first-order valence-corrected chi connectivity index (χ1v) is 6.64. The standard InChI is InChI=1S/C7H11N2O3PS/c1-14-7-3-2-5(4-6(7)10)9-13(8,11)12/h2-4,10H,1H3,(H4,8,9,11,12). The van der Waals surface area contributed by atoms with Gasteiger partial charge in [0, 0.05) is 16.6 Å². The van der Waals surface area contributed by atoms with Crippen molar-refractivity contribution in [2.24, 2.45) is 5.50 Å². The van der Waals surface area contributed by atoms with Gasteiger partial charge in [-0.1, -0.05) is 0 Å². The molecule has 1 atom stereocenters. The molecule has 0 aliphatic carbocycles. The second kappa shape index (κ2) is 4.23. The van der Waals surface area contributed by atoms with E-state index in [2.05, 4.69) is 5.09 Å². The van der Waals surface area contributed by atoms with Crippen molar-refractivity contribution in [1.29, 1.82) is 0 Å². The van der Waals surface area contributed by atoms with E-state index in [4.69, 9.17) is 10.4 Å². The molecule has 0 saturated carbocycles. The van der Waals surface area contributed by atoms with Crippen LogP contribution in [0.25, 0.3) is 0 Å². The second-order valence-corrected chi connectivity index (χ2v) is 4.94. The minimum atomic E-state index is -3.80. The first-order chi connectivity index (χ1) is 6.42. The molecule has 0 fully saturated rings. The SMILES string of the molecule is CSc1ccc(NP(N)(=O)O)cc1O. The summed E-state index contributed by atoms with van der Waals surface area (Å²) >= 11 is 1.38. The lowest BCUT2D eigenvalue weighted by Crippen LogP contribution is -2.03. The van der Waals surface area contributed by atoms with Crippen LogP contribution in [0.5, 0.6) is 5.75 Å². The van der Waals surface area contributed by atoms with Gasteiger partial charge in [-0.2, -0.15) is 0 Å². The van der Waals surface area contributed by atoms with Gasteiger partial charge in [0.05, 0.1) is 0 Å². The molecule has 0 amide bonds. The lowest BCUT2D eigenvalue weighted by atomic mass is 10.3. The van der Waals surface area contributed by atoms with Crippen LogP contribution in [0.4, 0.5) is 5.69 Å². The molecule has 14 heavy (non-hydrogen) atoms. The van der Waals surface area contributed by atoms with Crippen molar-refractivity contribution in [3.63, 3.8) is 0 Å². The average molecular weight is 234 g/mol. The number of phenolic OH excluding ortho intramolecular Hbond substituents is 1. The maximum absolute atomic E-state index is 10.8. The molecule has 0 radical (unpaired) electrons. The summed E-state index contributed by atoms with van der Waals surface area (Å²) in [4.78, 5) is 9.52. The van der Waals surface area contributed by atoms with Crippen molar-refractivity contribution < 1.29 is 14.6 Å². The monoisotopic (exact) mass is 234 g/mol. The smallest absolute Gasteiger partial charge is 0.360 e. The molecule has 0 heterocycles. The molecule has 0 aromatic heterocycles. The number of hydrogen-bond donors (Lipinski definition) is 4. The number of benzene rings is 1. The fourth-order valence-electron chi connectivity index (χ4n) is 0.945. The van der Waals surface area contributed by atoms with E-state index in [9.17, 15) is 9.67 Å². The van der Waals surface area contributed by atoms with Gasteiger partial charge in [0.1, 0.15) is 5.75 Å². The zero-order chi connectivity index (χ0) is 10.8. The topological polar surface area (TPSA) is 95.6 Å². The number of phenols is 1. The van der Waals surface area contributed by atoms with Crippen LogP contribution in [0.2, 0.25) is 0 Å². The van der Waals surface area contributed by atoms with Crippen LogP contribution in [0.3, 0.4) is 0 Å². The van der Waals surface area contributed by atoms with Gasteiger partial charge < -0.3 is 15.1 Å². The normalized spacial score (nSPS) is 14.8. The number of hydrogen-bond acceptors (Lipinski definition) is 3. The molecule has 5 N–H and O–H groups in total. The minimum absolute atomic E-state index is 0.0518. The van der Waals surface area contributed by atoms with Crippen LogP contribution in [-0.4, -0.2) is 16.3 Å². The maximum atomic E-state index is 10.8. The molecule has 0 spiro atoms. The molecule has 5 nitrogen and oxygen atoms in total. The molecule has 1 aromatic carbocycles. The first-order valence-electron chi connectivity index (χ1n) is 3.69. The molecule has 0 bridgehead atoms. The van der Waals surface area contributed by atoms with Crippen molar-refractivity contribution in [3.8, 4) is 5.75 Å². The molecular formula is C7H11N2O3PS. The van der Waals surface area contributed by atoms with Gasteiger partial charge in [-0.15, -0.1) is 11.8 Å². The molecular weight excluding hydrogens is 223 g/mol. The molecule has 0 aliphatic heterocycles. The Morgan fingerprint density at radius 3 is 2.64 bits per heavy atom. The highest BCUT2D eigenvalue weighted by Crippen LogP contribution is 2.35. The maximum Gasteiger partial charge on any atom is 0.360 e. The van der Waals surface area contributed by atoms with Crippen LogP contribution in [0, 0.1) is 0 Å². The molecule has 1 aromatic rings. The van der Waals surface area contributed by atoms with Gasteiger partial charge in [-0.25, -0.2) is 10.1 Å². The fraction of sp³-hybridized carbons (Fsp3) is 0.143. The van der Waals surface area contributed by atoms with Crippen LogP contribution < -0.4 is 10.6 Å². The number of aromatic hydroxyl groups is 1. The third kappa shape index (κ3) is 3.23. The van der Waals surface area contributed by atoms with E-state index in [1.807, 2.05) is 6.26 Å². The highest BCUT2D eigenvalue weighted by atomic mass is 32.2. The van der Waals surface area contributed by atoms with Gasteiger partial charge in [-0.3, -0.25) is 0 Å². The molecule has 78 valence electrons. The van der Waals surface area contributed by atoms with Gasteiger partial charge in [0.2, 0.25) is 0 Å². The summed E-state index contributed by atoms with van der Waals surface area (Å²) in [7, 11) is -3.80. The minimum Gasteiger partial charge on any atom is -0.507 e. The quantitative estimate of drug-likeness (QED) is 0.468. The summed E-state index contributed by atoms with van der Waals surface area (Å²) < 4.78 is 10.8. The molecule has 1 unspecified atom stereocenters. The summed E-state index contributed by atoms with van der Waals surface area (Å²) in [5.74, 6) is 0.0518. The Morgan fingerprint density at radius 2 is 2.21 bits per heavy atom. The molecule has 7 heteroatoms. The highest BCUT2D eigenvalue weighted by Gasteiger charge is 2.10. The van der Waals surface area contributed by atoms with Gasteiger partial charge >= 0.3 is 7.67 Å². The molecule has 1 rings (SSSR count). The third-order valence-corrected chi connectivity index (χ3v) is 2.83. The van der Waals surface area contributed by atoms with Crippen LogP contribution in [-0.2, 0) is 4.57 Å². The summed E-state index contributed by atoms with van der Waals surface area (Å²) in [6.07, 6.45) is 1.82. The largest absolute Gasteiger partial charge is 0.507 e. The number of nitrogens with two attached hydrogens (primary N) is 1. The molecule has 0 saturated heterocycles. The van der Waals surface area contributed by atoms with E-state index in [0.717, 1.165) is 0 Å². The summed E-state index contributed by atoms with van der Waals surface area (Å²) in [5.41, 5.74) is 5.21. The number of thioether (sulfide) groups is 1. The van der Waals surface area contributed by atoms with Crippen LogP contribution in [0.1, 0.15) is 0 Å². The van der Waals surface area contributed by atoms with Gasteiger partial charge in [0.15, 0.2) is 0 Å². The van der Waals surface area contributed by atoms with Crippen molar-refractivity contribution in [2.75, 3.05) is 11.3 Å². The van der Waals surface area contributed by atoms with Crippen molar-refractivity contribution in [3.05, 3.63) is 18.2 Å². The Kier molecular flexibility index (Phi) is 3.44. The van der Waals surface area contributed by atoms with E-state index in [1.165, 1.54) is 17.8 Å². The summed E-state index contributed by atoms with van der Waals surface area (Å²) in [5, 5.41) is 11.6. The predicted molar refractivity (Wildman–Crippen MR) is 57.5 cm³/mol. The van der Waals surface area contributed by atoms with E-state index in [0.29, 0.717) is 10.6 Å². The lowest BCUT2D eigenvalue weighted by Gasteiger charge is -2.10. The first kappa shape index (κ1) is 11.4. The molecule has 0 aliphatic rings. The Labute approximate surface area is 85.9 Å². The fourth-order valence-corrected chi connectivity index (χ4v) is 1.93. The second-order valence-electron chi connectivity index (χ2n) is 2.62.